The fraction of sp³-hybridized carbons (Fsp3) is 0.727. The summed E-state index contributed by atoms with van der Waals surface area (Å²) in [4.78, 5) is 28.0. The number of amides is 1. The first-order chi connectivity index (χ1) is 12.5. The number of carbonyl (C=O) groups excluding carboxylic acids is 2. The zero-order valence-corrected chi connectivity index (χ0v) is 17.1. The molecule has 0 aliphatic carbocycles. The molecule has 1 amide bonds. The first-order valence-corrected chi connectivity index (χ1v) is 10.3. The molecule has 0 aromatic heterocycles. The molecule has 0 heterocycles. The van der Waals surface area contributed by atoms with Crippen LogP contribution in [0.3, 0.4) is 0 Å². The van der Waals surface area contributed by atoms with Gasteiger partial charge in [0.25, 0.3) is 5.91 Å². The van der Waals surface area contributed by atoms with Gasteiger partial charge in [0.2, 0.25) is 0 Å². The van der Waals surface area contributed by atoms with Crippen LogP contribution in [0.4, 0.5) is 0 Å². The van der Waals surface area contributed by atoms with Gasteiger partial charge in [0.15, 0.2) is 0 Å². The largest absolute Gasteiger partial charge is 0.358 e. The zero-order chi connectivity index (χ0) is 19.6. The summed E-state index contributed by atoms with van der Waals surface area (Å²) in [5.74, 6) is -0.907. The molecular formula is C22H39NO3. The Balaban J connectivity index is 3.67. The van der Waals surface area contributed by atoms with Gasteiger partial charge in [0.1, 0.15) is 0 Å². The molecule has 4 heteroatoms. The van der Waals surface area contributed by atoms with E-state index in [-0.39, 0.29) is 17.4 Å². The molecule has 0 fully saturated rings. The Bertz CT molecular complexity index is 429. The number of hydrogen-bond acceptors (Lipinski definition) is 3. The third-order valence-electron chi connectivity index (χ3n) is 4.52. The molecule has 0 aliphatic rings. The van der Waals surface area contributed by atoms with Gasteiger partial charge in [-0.2, -0.15) is 5.48 Å². The summed E-state index contributed by atoms with van der Waals surface area (Å²) in [7, 11) is 0. The molecule has 1 unspecified atom stereocenters. The van der Waals surface area contributed by atoms with Crippen LogP contribution in [0, 0.1) is 5.92 Å². The topological polar surface area (TPSA) is 55.4 Å². The average Bonchev–Trinajstić information content (AvgIpc) is 2.63. The van der Waals surface area contributed by atoms with Gasteiger partial charge < -0.3 is 4.84 Å². The van der Waals surface area contributed by atoms with Crippen LogP contribution in [0.1, 0.15) is 97.8 Å². The molecule has 0 spiro atoms. The molecule has 1 N–H and O–H groups in total. The fourth-order valence-electron chi connectivity index (χ4n) is 2.72. The van der Waals surface area contributed by atoms with E-state index < -0.39 is 5.97 Å². The van der Waals surface area contributed by atoms with E-state index in [2.05, 4.69) is 31.1 Å². The van der Waals surface area contributed by atoms with Crippen LogP contribution in [-0.4, -0.2) is 11.9 Å². The average molecular weight is 366 g/mol. The van der Waals surface area contributed by atoms with Crippen LogP contribution in [0.2, 0.25) is 0 Å². The molecule has 0 radical (unpaired) electrons. The second-order valence-electron chi connectivity index (χ2n) is 7.05. The summed E-state index contributed by atoms with van der Waals surface area (Å²) in [5.41, 5.74) is 2.52. The summed E-state index contributed by atoms with van der Waals surface area (Å²) in [6.45, 7) is 9.25. The van der Waals surface area contributed by atoms with Crippen molar-refractivity contribution in [1.82, 2.24) is 5.48 Å². The Morgan fingerprint density at radius 1 is 0.962 bits per heavy atom. The zero-order valence-electron chi connectivity index (χ0n) is 17.1. The van der Waals surface area contributed by atoms with Crippen LogP contribution < -0.4 is 5.48 Å². The Morgan fingerprint density at radius 3 is 2.08 bits per heavy atom. The fourth-order valence-corrected chi connectivity index (χ4v) is 2.72. The molecule has 0 aliphatic heterocycles. The normalized spacial score (nSPS) is 12.1. The third kappa shape index (κ3) is 13.7. The van der Waals surface area contributed by atoms with E-state index in [0.29, 0.717) is 0 Å². The first kappa shape index (κ1) is 24.4. The van der Waals surface area contributed by atoms with Crippen molar-refractivity contribution < 1.29 is 14.4 Å². The highest BCUT2D eigenvalue weighted by Crippen LogP contribution is 2.15. The molecule has 4 nitrogen and oxygen atoms in total. The van der Waals surface area contributed by atoms with Crippen molar-refractivity contribution in [2.24, 2.45) is 5.92 Å². The molecule has 150 valence electrons. The minimum atomic E-state index is -0.591. The van der Waals surface area contributed by atoms with E-state index in [9.17, 15) is 9.59 Å². The molecule has 0 bridgehead atoms. The number of unbranched alkanes of at least 4 members (excludes halogenated alkanes) is 8. The summed E-state index contributed by atoms with van der Waals surface area (Å²) < 4.78 is 0. The van der Waals surface area contributed by atoms with Crippen molar-refractivity contribution in [3.63, 3.8) is 0 Å². The van der Waals surface area contributed by atoms with E-state index >= 15 is 0 Å². The molecule has 0 saturated heterocycles. The van der Waals surface area contributed by atoms with E-state index in [0.717, 1.165) is 32.1 Å². The van der Waals surface area contributed by atoms with Crippen molar-refractivity contribution in [2.45, 2.75) is 97.8 Å². The third-order valence-corrected chi connectivity index (χ3v) is 4.52. The minimum absolute atomic E-state index is 0.101. The lowest BCUT2D eigenvalue weighted by atomic mass is 9.97. The van der Waals surface area contributed by atoms with Crippen LogP contribution in [0.5, 0.6) is 0 Å². The van der Waals surface area contributed by atoms with E-state index in [1.54, 1.807) is 6.92 Å². The van der Waals surface area contributed by atoms with Gasteiger partial charge in [-0.1, -0.05) is 71.1 Å². The monoisotopic (exact) mass is 365 g/mol. The number of rotatable bonds is 15. The lowest BCUT2D eigenvalue weighted by molar-refractivity contribution is -0.156. The minimum Gasteiger partial charge on any atom is -0.336 e. The summed E-state index contributed by atoms with van der Waals surface area (Å²) >= 11 is 0. The lowest BCUT2D eigenvalue weighted by Crippen LogP contribution is -2.32. The highest BCUT2D eigenvalue weighted by atomic mass is 16.7. The maximum Gasteiger partial charge on any atom is 0.358 e. The molecule has 0 saturated carbocycles. The van der Waals surface area contributed by atoms with Gasteiger partial charge >= 0.3 is 5.97 Å². The highest BCUT2D eigenvalue weighted by molar-refractivity contribution is 5.88. The predicted molar refractivity (Wildman–Crippen MR) is 108 cm³/mol. The Labute approximate surface area is 160 Å². The standard InChI is InChI=1S/C22H39NO3/c1-5-7-8-9-10-11-12-13-14-15-16-17-18-20(6-2)21(24)23-26-22(25)19(3)4/h11-12,20H,3,5-10,13-18H2,1-2,4H3,(H,23,24)/b12-11-. The van der Waals surface area contributed by atoms with Gasteiger partial charge in [-0.3, -0.25) is 4.79 Å². The first-order valence-electron chi connectivity index (χ1n) is 10.3. The SMILES string of the molecule is C=C(C)C(=O)ONC(=O)C(CC)CCCCCC/C=C\CCCCCC. The molecule has 0 rings (SSSR count). The van der Waals surface area contributed by atoms with Gasteiger partial charge in [-0.25, -0.2) is 4.79 Å². The number of carbonyl (C=O) groups is 2. The highest BCUT2D eigenvalue weighted by Gasteiger charge is 2.17. The van der Waals surface area contributed by atoms with E-state index in [1.165, 1.54) is 44.9 Å². The Morgan fingerprint density at radius 2 is 1.54 bits per heavy atom. The van der Waals surface area contributed by atoms with Gasteiger partial charge in [0, 0.05) is 11.5 Å². The second-order valence-corrected chi connectivity index (χ2v) is 7.05. The Kier molecular flexibility index (Phi) is 15.8. The van der Waals surface area contributed by atoms with Crippen molar-refractivity contribution in [3.05, 3.63) is 24.3 Å². The molecule has 0 aromatic rings. The van der Waals surface area contributed by atoms with E-state index in [1.807, 2.05) is 6.92 Å². The van der Waals surface area contributed by atoms with Gasteiger partial charge in [0.05, 0.1) is 0 Å². The number of nitrogens with one attached hydrogen (secondary N) is 1. The van der Waals surface area contributed by atoms with Crippen LogP contribution in [0.15, 0.2) is 24.3 Å². The molecule has 26 heavy (non-hydrogen) atoms. The smallest absolute Gasteiger partial charge is 0.336 e. The number of hydrogen-bond donors (Lipinski definition) is 1. The van der Waals surface area contributed by atoms with Crippen molar-refractivity contribution >= 4 is 11.9 Å². The maximum absolute atomic E-state index is 12.0. The van der Waals surface area contributed by atoms with Crippen LogP contribution in [-0.2, 0) is 14.4 Å². The lowest BCUT2D eigenvalue weighted by Gasteiger charge is -2.14. The Hall–Kier alpha value is -1.58. The second kappa shape index (κ2) is 16.9. The number of allylic oxidation sites excluding steroid dienone is 2. The number of hydroxylamine groups is 1. The summed E-state index contributed by atoms with van der Waals surface area (Å²) in [6, 6.07) is 0. The van der Waals surface area contributed by atoms with E-state index in [4.69, 9.17) is 4.84 Å². The molecule has 1 atom stereocenters. The molecule has 0 aromatic carbocycles. The van der Waals surface area contributed by atoms with Crippen molar-refractivity contribution in [3.8, 4) is 0 Å². The quantitative estimate of drug-likeness (QED) is 0.167. The van der Waals surface area contributed by atoms with Crippen molar-refractivity contribution in [1.29, 1.82) is 0 Å². The molecular weight excluding hydrogens is 326 g/mol. The van der Waals surface area contributed by atoms with Crippen molar-refractivity contribution in [2.75, 3.05) is 0 Å². The maximum atomic E-state index is 12.0. The summed E-state index contributed by atoms with van der Waals surface area (Å²) in [6.07, 6.45) is 18.5. The van der Waals surface area contributed by atoms with Crippen LogP contribution >= 0.6 is 0 Å². The summed E-state index contributed by atoms with van der Waals surface area (Å²) in [5, 5.41) is 0. The predicted octanol–water partition coefficient (Wildman–Crippen LogP) is 6.03. The van der Waals surface area contributed by atoms with Gasteiger partial charge in [-0.05, 0) is 45.4 Å². The van der Waals surface area contributed by atoms with Gasteiger partial charge in [-0.15, -0.1) is 0 Å². The van der Waals surface area contributed by atoms with Crippen LogP contribution in [0.25, 0.3) is 0 Å².